The summed E-state index contributed by atoms with van der Waals surface area (Å²) < 4.78 is 0. The van der Waals surface area contributed by atoms with Gasteiger partial charge < -0.3 is 15.5 Å². The van der Waals surface area contributed by atoms with Crippen LogP contribution in [-0.4, -0.2) is 30.9 Å². The van der Waals surface area contributed by atoms with E-state index in [0.29, 0.717) is 5.56 Å². The summed E-state index contributed by atoms with van der Waals surface area (Å²) in [7, 11) is 0. The van der Waals surface area contributed by atoms with Gasteiger partial charge in [-0.1, -0.05) is 12.8 Å². The number of nitrogens with zero attached hydrogens (tertiary/aromatic N) is 1. The molecule has 1 saturated carbocycles. The van der Waals surface area contributed by atoms with E-state index in [4.69, 9.17) is 0 Å². The smallest absolute Gasteiger partial charge is 0.253 e. The van der Waals surface area contributed by atoms with Crippen LogP contribution in [0.5, 0.6) is 0 Å². The number of hydrogen-bond donors (Lipinski definition) is 2. The maximum Gasteiger partial charge on any atom is 0.253 e. The molecule has 1 saturated heterocycles. The Kier molecular flexibility index (Phi) is 5.61. The minimum atomic E-state index is -0.0469. The molecule has 5 nitrogen and oxygen atoms in total. The molecule has 0 radical (unpaired) electrons. The zero-order valence-electron chi connectivity index (χ0n) is 15.3. The molecular weight excluding hydrogens is 314 g/mol. The van der Waals surface area contributed by atoms with Gasteiger partial charge in [-0.25, -0.2) is 0 Å². The van der Waals surface area contributed by atoms with Gasteiger partial charge in [-0.15, -0.1) is 0 Å². The number of anilines is 2. The van der Waals surface area contributed by atoms with Crippen LogP contribution in [0.2, 0.25) is 0 Å². The third kappa shape index (κ3) is 4.74. The van der Waals surface area contributed by atoms with Crippen molar-refractivity contribution in [3.63, 3.8) is 0 Å². The fourth-order valence-corrected chi connectivity index (χ4v) is 3.30. The highest BCUT2D eigenvalue weighted by Gasteiger charge is 2.30. The highest BCUT2D eigenvalue weighted by molar-refractivity contribution is 6.02. The fraction of sp³-hybridized carbons (Fsp3) is 0.600. The van der Waals surface area contributed by atoms with Crippen LogP contribution in [0.25, 0.3) is 0 Å². The van der Waals surface area contributed by atoms with Crippen LogP contribution in [0, 0.1) is 5.92 Å². The zero-order valence-corrected chi connectivity index (χ0v) is 15.3. The summed E-state index contributed by atoms with van der Waals surface area (Å²) in [5.41, 5.74) is 2.42. The Morgan fingerprint density at radius 3 is 2.36 bits per heavy atom. The van der Waals surface area contributed by atoms with Crippen LogP contribution in [-0.2, 0) is 4.79 Å². The summed E-state index contributed by atoms with van der Waals surface area (Å²) >= 11 is 0. The highest BCUT2D eigenvalue weighted by atomic mass is 16.2. The molecule has 5 heteroatoms. The Morgan fingerprint density at radius 1 is 1.08 bits per heavy atom. The van der Waals surface area contributed by atoms with Crippen molar-refractivity contribution in [1.82, 2.24) is 5.32 Å². The maximum absolute atomic E-state index is 12.6. The number of rotatable bonds is 5. The monoisotopic (exact) mass is 343 g/mol. The lowest BCUT2D eigenvalue weighted by Gasteiger charge is -2.26. The molecule has 2 N–H and O–H groups in total. The van der Waals surface area contributed by atoms with E-state index in [-0.39, 0.29) is 23.8 Å². The summed E-state index contributed by atoms with van der Waals surface area (Å²) in [6.45, 7) is 5.85. The Bertz CT molecular complexity index is 630. The Morgan fingerprint density at radius 2 is 1.76 bits per heavy atom. The van der Waals surface area contributed by atoms with Crippen LogP contribution in [0.3, 0.4) is 0 Å². The molecule has 1 aromatic carbocycles. The quantitative estimate of drug-likeness (QED) is 0.859. The van der Waals surface area contributed by atoms with Crippen LogP contribution in [0.4, 0.5) is 11.4 Å². The van der Waals surface area contributed by atoms with Gasteiger partial charge in [-0.05, 0) is 57.7 Å². The molecule has 0 aromatic heterocycles. The molecule has 1 heterocycles. The van der Waals surface area contributed by atoms with Gasteiger partial charge in [0, 0.05) is 30.7 Å². The first kappa shape index (κ1) is 17.8. The number of nitrogens with one attached hydrogen (secondary N) is 2. The first-order chi connectivity index (χ1) is 12.0. The van der Waals surface area contributed by atoms with Crippen molar-refractivity contribution in [3.05, 3.63) is 23.8 Å². The summed E-state index contributed by atoms with van der Waals surface area (Å²) in [6.07, 6.45) is 6.73. The van der Waals surface area contributed by atoms with E-state index in [0.717, 1.165) is 50.1 Å². The lowest BCUT2D eigenvalue weighted by molar-refractivity contribution is -0.117. The first-order valence-corrected chi connectivity index (χ1v) is 9.55. The summed E-state index contributed by atoms with van der Waals surface area (Å²) in [5, 5.41) is 6.00. The predicted molar refractivity (Wildman–Crippen MR) is 101 cm³/mol. The van der Waals surface area contributed by atoms with Crippen LogP contribution in [0.15, 0.2) is 18.2 Å². The van der Waals surface area contributed by atoms with Crippen molar-refractivity contribution in [2.24, 2.45) is 5.92 Å². The van der Waals surface area contributed by atoms with E-state index in [1.54, 1.807) is 0 Å². The second-order valence-electron chi connectivity index (χ2n) is 7.52. The molecular formula is C20H29N3O2. The molecule has 1 aliphatic heterocycles. The number of amides is 2. The van der Waals surface area contributed by atoms with Crippen LogP contribution < -0.4 is 15.5 Å². The molecule has 1 aliphatic carbocycles. The normalized spacial score (nSPS) is 18.0. The second-order valence-corrected chi connectivity index (χ2v) is 7.52. The second kappa shape index (κ2) is 7.89. The fourth-order valence-electron chi connectivity index (χ4n) is 3.30. The van der Waals surface area contributed by atoms with E-state index in [2.05, 4.69) is 15.5 Å². The van der Waals surface area contributed by atoms with Gasteiger partial charge in [-0.2, -0.15) is 0 Å². The molecule has 2 amide bonds. The number of carbonyl (C=O) groups is 2. The first-order valence-electron chi connectivity index (χ1n) is 9.55. The highest BCUT2D eigenvalue weighted by Crippen LogP contribution is 2.32. The third-order valence-electron chi connectivity index (χ3n) is 4.82. The van der Waals surface area contributed by atoms with Gasteiger partial charge in [0.1, 0.15) is 0 Å². The van der Waals surface area contributed by atoms with Gasteiger partial charge in [0.25, 0.3) is 5.91 Å². The third-order valence-corrected chi connectivity index (χ3v) is 4.82. The Labute approximate surface area is 150 Å². The van der Waals surface area contributed by atoms with E-state index in [9.17, 15) is 9.59 Å². The van der Waals surface area contributed by atoms with Crippen LogP contribution >= 0.6 is 0 Å². The molecule has 0 bridgehead atoms. The molecule has 2 fully saturated rings. The average molecular weight is 343 g/mol. The maximum atomic E-state index is 12.6. The largest absolute Gasteiger partial charge is 0.371 e. The lowest BCUT2D eigenvalue weighted by Crippen LogP contribution is -2.33. The number of benzene rings is 1. The van der Waals surface area contributed by atoms with E-state index in [1.807, 2.05) is 32.0 Å². The van der Waals surface area contributed by atoms with Gasteiger partial charge in [0.05, 0.1) is 11.3 Å². The van der Waals surface area contributed by atoms with Gasteiger partial charge in [-0.3, -0.25) is 9.59 Å². The molecule has 3 rings (SSSR count). The van der Waals surface area contributed by atoms with Crippen molar-refractivity contribution >= 4 is 23.2 Å². The number of carbonyl (C=O) groups excluding carboxylic acids is 2. The number of hydrogen-bond acceptors (Lipinski definition) is 3. The topological polar surface area (TPSA) is 61.4 Å². The van der Waals surface area contributed by atoms with Gasteiger partial charge in [0.2, 0.25) is 5.91 Å². The standard InChI is InChI=1S/C20H29N3O2/c1-14(2)21-20(25)17-10-9-16(22-19(24)15-7-8-15)13-18(17)23-11-5-3-4-6-12-23/h9-10,13-15H,3-8,11-12H2,1-2H3,(H,21,25)(H,22,24). The Hall–Kier alpha value is -2.04. The molecule has 25 heavy (non-hydrogen) atoms. The molecule has 136 valence electrons. The van der Waals surface area contributed by atoms with E-state index >= 15 is 0 Å². The lowest BCUT2D eigenvalue weighted by atomic mass is 10.1. The summed E-state index contributed by atoms with van der Waals surface area (Å²) in [5.74, 6) is 0.223. The van der Waals surface area contributed by atoms with Crippen molar-refractivity contribution in [2.75, 3.05) is 23.3 Å². The zero-order chi connectivity index (χ0) is 17.8. The van der Waals surface area contributed by atoms with Gasteiger partial charge in [0.15, 0.2) is 0 Å². The van der Waals surface area contributed by atoms with E-state index < -0.39 is 0 Å². The average Bonchev–Trinajstić information content (AvgIpc) is 3.41. The molecule has 0 spiro atoms. The molecule has 2 aliphatic rings. The van der Waals surface area contributed by atoms with Crippen molar-refractivity contribution < 1.29 is 9.59 Å². The Balaban J connectivity index is 1.87. The summed E-state index contributed by atoms with van der Waals surface area (Å²) in [6, 6.07) is 5.76. The van der Waals surface area contributed by atoms with Crippen molar-refractivity contribution in [3.8, 4) is 0 Å². The van der Waals surface area contributed by atoms with E-state index in [1.165, 1.54) is 12.8 Å². The minimum absolute atomic E-state index is 0.0469. The van der Waals surface area contributed by atoms with Gasteiger partial charge >= 0.3 is 0 Å². The van der Waals surface area contributed by atoms with Crippen LogP contribution in [0.1, 0.15) is 62.7 Å². The minimum Gasteiger partial charge on any atom is -0.371 e. The molecule has 1 aromatic rings. The van der Waals surface area contributed by atoms with Crippen molar-refractivity contribution in [1.29, 1.82) is 0 Å². The van der Waals surface area contributed by atoms with Crippen molar-refractivity contribution in [2.45, 2.75) is 58.4 Å². The predicted octanol–water partition coefficient (Wildman–Crippen LogP) is 3.55. The molecule has 0 atom stereocenters. The SMILES string of the molecule is CC(C)NC(=O)c1ccc(NC(=O)C2CC2)cc1N1CCCCCC1. The molecule has 0 unspecified atom stereocenters. The summed E-state index contributed by atoms with van der Waals surface area (Å²) in [4.78, 5) is 27.0.